The molecule has 1 aromatic heterocycles. The van der Waals surface area contributed by atoms with Gasteiger partial charge in [0.15, 0.2) is 6.04 Å². The van der Waals surface area contributed by atoms with Crippen molar-refractivity contribution in [2.75, 3.05) is 23.9 Å². The van der Waals surface area contributed by atoms with E-state index in [0.717, 1.165) is 24.4 Å². The van der Waals surface area contributed by atoms with Crippen molar-refractivity contribution in [2.24, 2.45) is 5.92 Å². The Labute approximate surface area is 204 Å². The van der Waals surface area contributed by atoms with Crippen LogP contribution in [0.5, 0.6) is 0 Å². The van der Waals surface area contributed by atoms with Crippen LogP contribution in [0.25, 0.3) is 0 Å². The van der Waals surface area contributed by atoms with Gasteiger partial charge in [0.25, 0.3) is 0 Å². The van der Waals surface area contributed by atoms with E-state index in [1.54, 1.807) is 0 Å². The minimum Gasteiger partial charge on any atom is -0.365 e. The fraction of sp³-hybridized carbons (Fsp3) is 0.500. The highest BCUT2D eigenvalue weighted by molar-refractivity contribution is 9.10. The van der Waals surface area contributed by atoms with Gasteiger partial charge >= 0.3 is 6.18 Å². The molecule has 0 radical (unpaired) electrons. The van der Waals surface area contributed by atoms with Crippen LogP contribution in [0, 0.1) is 5.92 Å². The van der Waals surface area contributed by atoms with Crippen LogP contribution in [-0.2, 0) is 27.5 Å². The molecule has 1 N–H and O–H groups in total. The summed E-state index contributed by atoms with van der Waals surface area (Å²) in [5.41, 5.74) is 2.01. The zero-order valence-electron chi connectivity index (χ0n) is 18.3. The van der Waals surface area contributed by atoms with E-state index in [-0.39, 0.29) is 30.4 Å². The zero-order valence-corrected chi connectivity index (χ0v) is 20.8. The first kappa shape index (κ1) is 24.9. The Hall–Kier alpha value is -2.21. The van der Waals surface area contributed by atoms with Crippen LogP contribution >= 0.6 is 15.9 Å². The predicted molar refractivity (Wildman–Crippen MR) is 124 cm³/mol. The molecule has 0 spiro atoms. The van der Waals surface area contributed by atoms with Crippen molar-refractivity contribution in [1.82, 2.24) is 15.1 Å². The second-order valence-corrected chi connectivity index (χ2v) is 12.0. The number of fused-ring (bicyclic) bond motifs is 1. The summed E-state index contributed by atoms with van der Waals surface area (Å²) >= 11 is 3.45. The molecule has 0 bridgehead atoms. The van der Waals surface area contributed by atoms with Crippen LogP contribution in [0.3, 0.4) is 0 Å². The van der Waals surface area contributed by atoms with Gasteiger partial charge in [0.05, 0.1) is 17.2 Å². The molecule has 184 valence electrons. The number of halogens is 4. The third-order valence-electron chi connectivity index (χ3n) is 6.37. The molecule has 2 unspecified atom stereocenters. The molecule has 2 aliphatic rings. The second-order valence-electron chi connectivity index (χ2n) is 8.83. The van der Waals surface area contributed by atoms with Gasteiger partial charge in [0.2, 0.25) is 5.91 Å². The Balaban J connectivity index is 1.45. The quantitative estimate of drug-likeness (QED) is 0.599. The van der Waals surface area contributed by atoms with Gasteiger partial charge in [-0.3, -0.25) is 4.79 Å². The third-order valence-corrected chi connectivity index (χ3v) is 8.58. The van der Waals surface area contributed by atoms with Crippen molar-refractivity contribution < 1.29 is 26.4 Å². The SMILES string of the molecule is CN(C(=O)C1CCS(=O)(=O)CC1)C(c1ccc(NC2Cc3ccc(Br)cc3C2)nn1)C(F)(F)F. The van der Waals surface area contributed by atoms with Crippen molar-refractivity contribution in [2.45, 2.75) is 43.9 Å². The molecule has 1 aliphatic heterocycles. The maximum absolute atomic E-state index is 13.9. The number of rotatable bonds is 5. The molecule has 7 nitrogen and oxygen atoms in total. The number of anilines is 1. The van der Waals surface area contributed by atoms with Gasteiger partial charge < -0.3 is 10.2 Å². The highest BCUT2D eigenvalue weighted by Crippen LogP contribution is 2.38. The van der Waals surface area contributed by atoms with Crippen LogP contribution in [0.15, 0.2) is 34.8 Å². The molecule has 1 saturated heterocycles. The lowest BCUT2D eigenvalue weighted by Crippen LogP contribution is -2.44. The number of amides is 1. The molecule has 2 heterocycles. The Morgan fingerprint density at radius 3 is 2.41 bits per heavy atom. The number of carbonyl (C=O) groups excluding carboxylic acids is 1. The van der Waals surface area contributed by atoms with E-state index in [9.17, 15) is 26.4 Å². The van der Waals surface area contributed by atoms with E-state index in [2.05, 4.69) is 31.4 Å². The molecule has 2 aromatic rings. The Morgan fingerprint density at radius 2 is 1.79 bits per heavy atom. The number of hydrogen-bond acceptors (Lipinski definition) is 6. The largest absolute Gasteiger partial charge is 0.414 e. The van der Waals surface area contributed by atoms with Gasteiger partial charge in [0.1, 0.15) is 15.7 Å². The van der Waals surface area contributed by atoms with E-state index in [1.807, 2.05) is 18.2 Å². The first-order valence-corrected chi connectivity index (χ1v) is 13.5. The van der Waals surface area contributed by atoms with E-state index < -0.39 is 39.6 Å². The number of carbonyl (C=O) groups is 1. The standard InChI is InChI=1S/C22H24BrF3N4O3S/c1-30(21(31)13-6-8-34(32,33)9-7-13)20(22(24,25)26)18-4-5-19(29-28-18)27-17-11-14-2-3-16(23)10-15(14)12-17/h2-5,10,13,17,20H,6-9,11-12H2,1H3,(H,27,29). The molecule has 34 heavy (non-hydrogen) atoms. The number of aromatic nitrogens is 2. The molecule has 1 aromatic carbocycles. The van der Waals surface area contributed by atoms with Crippen molar-refractivity contribution in [3.63, 3.8) is 0 Å². The number of benzene rings is 1. The third kappa shape index (κ3) is 5.54. The molecule has 1 amide bonds. The lowest BCUT2D eigenvalue weighted by atomic mass is 9.99. The highest BCUT2D eigenvalue weighted by Gasteiger charge is 2.47. The van der Waals surface area contributed by atoms with Crippen LogP contribution in [0.1, 0.15) is 35.7 Å². The van der Waals surface area contributed by atoms with Gasteiger partial charge in [-0.2, -0.15) is 18.3 Å². The zero-order chi connectivity index (χ0) is 24.7. The maximum atomic E-state index is 13.9. The number of hydrogen-bond donors (Lipinski definition) is 1. The summed E-state index contributed by atoms with van der Waals surface area (Å²) < 4.78 is 66.0. The molecule has 12 heteroatoms. The van der Waals surface area contributed by atoms with Crippen LogP contribution in [-0.4, -0.2) is 60.2 Å². The van der Waals surface area contributed by atoms with Gasteiger partial charge in [-0.15, -0.1) is 5.10 Å². The Morgan fingerprint density at radius 1 is 1.12 bits per heavy atom. The highest BCUT2D eigenvalue weighted by atomic mass is 79.9. The monoisotopic (exact) mass is 560 g/mol. The van der Waals surface area contributed by atoms with Gasteiger partial charge in [0, 0.05) is 23.5 Å². The van der Waals surface area contributed by atoms with Crippen LogP contribution in [0.4, 0.5) is 19.0 Å². The molecule has 1 fully saturated rings. The van der Waals surface area contributed by atoms with Crippen molar-refractivity contribution in [3.8, 4) is 0 Å². The van der Waals surface area contributed by atoms with E-state index in [1.165, 1.54) is 23.3 Å². The van der Waals surface area contributed by atoms with Crippen LogP contribution < -0.4 is 5.32 Å². The first-order valence-electron chi connectivity index (χ1n) is 10.8. The number of sulfone groups is 1. The van der Waals surface area contributed by atoms with Crippen molar-refractivity contribution >= 4 is 37.5 Å². The summed E-state index contributed by atoms with van der Waals surface area (Å²) in [5, 5.41) is 11.0. The molecule has 2 atom stereocenters. The predicted octanol–water partition coefficient (Wildman–Crippen LogP) is 3.71. The fourth-order valence-electron chi connectivity index (χ4n) is 4.60. The van der Waals surface area contributed by atoms with Gasteiger partial charge in [-0.1, -0.05) is 22.0 Å². The minimum absolute atomic E-state index is 0.0188. The number of nitrogens with zero attached hydrogens (tertiary/aromatic N) is 3. The van der Waals surface area contributed by atoms with Crippen LogP contribution in [0.2, 0.25) is 0 Å². The summed E-state index contributed by atoms with van der Waals surface area (Å²) in [7, 11) is -2.16. The maximum Gasteiger partial charge on any atom is 0.414 e. The van der Waals surface area contributed by atoms with Crippen molar-refractivity contribution in [3.05, 3.63) is 51.6 Å². The summed E-state index contributed by atoms with van der Waals surface area (Å²) in [6, 6.07) is 6.50. The summed E-state index contributed by atoms with van der Waals surface area (Å²) in [5.74, 6) is -1.55. The first-order chi connectivity index (χ1) is 15.9. The topological polar surface area (TPSA) is 92.3 Å². The smallest absolute Gasteiger partial charge is 0.365 e. The summed E-state index contributed by atoms with van der Waals surface area (Å²) in [6.07, 6.45) is -3.20. The number of nitrogens with one attached hydrogen (secondary N) is 1. The summed E-state index contributed by atoms with van der Waals surface area (Å²) in [6.45, 7) is 0. The lowest BCUT2D eigenvalue weighted by molar-refractivity contribution is -0.191. The number of alkyl halides is 3. The van der Waals surface area contributed by atoms with E-state index in [4.69, 9.17) is 0 Å². The fourth-order valence-corrected chi connectivity index (χ4v) is 6.50. The van der Waals surface area contributed by atoms with Crippen molar-refractivity contribution in [1.29, 1.82) is 0 Å². The normalized spacial score (nSPS) is 21.0. The second kappa shape index (κ2) is 9.44. The molecule has 1 aliphatic carbocycles. The Bertz CT molecular complexity index is 1160. The molecular weight excluding hydrogens is 537 g/mol. The molecular formula is C22H24BrF3N4O3S. The molecule has 0 saturated carbocycles. The van der Waals surface area contributed by atoms with E-state index >= 15 is 0 Å². The lowest BCUT2D eigenvalue weighted by Gasteiger charge is -2.33. The van der Waals surface area contributed by atoms with Gasteiger partial charge in [-0.25, -0.2) is 8.42 Å². The average Bonchev–Trinajstić information content (AvgIpc) is 3.15. The Kier molecular flexibility index (Phi) is 6.92. The van der Waals surface area contributed by atoms with Gasteiger partial charge in [-0.05, 0) is 61.1 Å². The minimum atomic E-state index is -4.77. The summed E-state index contributed by atoms with van der Waals surface area (Å²) in [4.78, 5) is 13.4. The average molecular weight is 561 g/mol. The van der Waals surface area contributed by atoms with E-state index in [0.29, 0.717) is 10.7 Å². The molecule has 4 rings (SSSR count).